The number of likely N-dealkylation sites (tertiary alicyclic amines) is 1. The number of hydrogen-bond donors (Lipinski definition) is 0. The number of nitrogens with zero attached hydrogens (tertiary/aromatic N) is 4. The van der Waals surface area contributed by atoms with Gasteiger partial charge in [-0.3, -0.25) is 9.36 Å². The topological polar surface area (TPSA) is 67.7 Å². The third-order valence-corrected chi connectivity index (χ3v) is 6.11. The van der Waals surface area contributed by atoms with Crippen molar-refractivity contribution < 1.29 is 9.53 Å². The molecule has 28 heavy (non-hydrogen) atoms. The molecule has 0 radical (unpaired) electrons. The summed E-state index contributed by atoms with van der Waals surface area (Å²) in [6, 6.07) is 7.46. The number of fused-ring (bicyclic) bond motifs is 1. The van der Waals surface area contributed by atoms with Crippen LogP contribution < -0.4 is 5.56 Å². The van der Waals surface area contributed by atoms with E-state index in [0.717, 1.165) is 24.2 Å². The Hall–Kier alpha value is -2.41. The number of hydrogen-bond acceptors (Lipinski definition) is 4. The van der Waals surface area contributed by atoms with Gasteiger partial charge in [-0.25, -0.2) is 9.78 Å². The molecule has 7 nitrogen and oxygen atoms in total. The molecule has 7 heteroatoms. The largest absolute Gasteiger partial charge is 0.378 e. The highest BCUT2D eigenvalue weighted by molar-refractivity contribution is 5.78. The molecular weight excluding hydrogens is 356 g/mol. The van der Waals surface area contributed by atoms with Gasteiger partial charge >= 0.3 is 6.03 Å². The summed E-state index contributed by atoms with van der Waals surface area (Å²) < 4.78 is 7.24. The maximum Gasteiger partial charge on any atom is 0.320 e. The van der Waals surface area contributed by atoms with Gasteiger partial charge in [0.05, 0.1) is 30.2 Å². The fraction of sp³-hybridized carbons (Fsp3) is 0.571. The van der Waals surface area contributed by atoms with E-state index in [2.05, 4.69) is 0 Å². The number of amides is 2. The van der Waals surface area contributed by atoms with Gasteiger partial charge in [0.15, 0.2) is 0 Å². The van der Waals surface area contributed by atoms with Gasteiger partial charge in [0.2, 0.25) is 0 Å². The van der Waals surface area contributed by atoms with Crippen LogP contribution in [0.1, 0.15) is 37.5 Å². The highest BCUT2D eigenvalue weighted by Gasteiger charge is 2.37. The lowest BCUT2D eigenvalue weighted by Crippen LogP contribution is -2.48. The zero-order valence-electron chi connectivity index (χ0n) is 16.0. The average Bonchev–Trinajstić information content (AvgIpc) is 3.43. The number of carbonyl (C=O) groups is 1. The molecule has 2 saturated heterocycles. The molecule has 1 aromatic heterocycles. The number of rotatable bonds is 3. The number of benzene rings is 1. The number of carbonyl (C=O) groups excluding carboxylic acids is 1. The molecule has 0 bridgehead atoms. The molecule has 0 N–H and O–H groups in total. The van der Waals surface area contributed by atoms with E-state index < -0.39 is 0 Å². The van der Waals surface area contributed by atoms with Gasteiger partial charge in [-0.2, -0.15) is 0 Å². The van der Waals surface area contributed by atoms with E-state index in [1.165, 1.54) is 12.8 Å². The Bertz CT molecular complexity index is 946. The molecular formula is C21H26N4O3. The van der Waals surface area contributed by atoms with Crippen molar-refractivity contribution >= 4 is 16.9 Å². The van der Waals surface area contributed by atoms with Crippen molar-refractivity contribution in [2.75, 3.05) is 32.8 Å². The van der Waals surface area contributed by atoms with Crippen molar-refractivity contribution in [2.24, 2.45) is 5.92 Å². The molecule has 0 spiro atoms. The van der Waals surface area contributed by atoms with Crippen molar-refractivity contribution in [3.05, 3.63) is 40.4 Å². The van der Waals surface area contributed by atoms with Gasteiger partial charge in [0, 0.05) is 26.2 Å². The second-order valence-electron chi connectivity index (χ2n) is 8.08. The molecule has 2 aliphatic heterocycles. The smallest absolute Gasteiger partial charge is 0.320 e. The molecule has 1 aliphatic carbocycles. The lowest BCUT2D eigenvalue weighted by molar-refractivity contribution is 0.0417. The van der Waals surface area contributed by atoms with Crippen molar-refractivity contribution in [2.45, 2.75) is 38.3 Å². The molecule has 1 aromatic carbocycles. The maximum absolute atomic E-state index is 13.2. The lowest BCUT2D eigenvalue weighted by atomic mass is 10.1. The molecule has 3 heterocycles. The summed E-state index contributed by atoms with van der Waals surface area (Å²) in [5.74, 6) is 1.32. The van der Waals surface area contributed by atoms with E-state index in [4.69, 9.17) is 9.72 Å². The van der Waals surface area contributed by atoms with Crippen molar-refractivity contribution in [3.8, 4) is 0 Å². The van der Waals surface area contributed by atoms with Crippen molar-refractivity contribution in [1.29, 1.82) is 0 Å². The minimum absolute atomic E-state index is 0.0261. The number of aromatic nitrogens is 2. The SMILES string of the molecule is O=C(N1CCOCC1)N1CCCC1c1nc2ccccc2c(=O)n1CC1CC1. The van der Waals surface area contributed by atoms with E-state index in [9.17, 15) is 9.59 Å². The van der Waals surface area contributed by atoms with Crippen LogP contribution in [-0.2, 0) is 11.3 Å². The molecule has 2 aromatic rings. The molecule has 2 amide bonds. The third kappa shape index (κ3) is 3.17. The Labute approximate surface area is 163 Å². The van der Waals surface area contributed by atoms with Crippen LogP contribution in [-0.4, -0.2) is 58.2 Å². The maximum atomic E-state index is 13.2. The van der Waals surface area contributed by atoms with Crippen LogP contribution in [0.15, 0.2) is 29.1 Å². The summed E-state index contributed by atoms with van der Waals surface area (Å²) in [7, 11) is 0. The standard InChI is InChI=1S/C21H26N4O3/c26-20-16-4-1-2-5-17(16)22-19(25(20)14-15-7-8-15)18-6-3-9-24(18)21(27)23-10-12-28-13-11-23/h1-2,4-5,15,18H,3,6-14H2. The van der Waals surface area contributed by atoms with Crippen LogP contribution in [0.25, 0.3) is 10.9 Å². The normalized spacial score (nSPS) is 22.8. The molecule has 5 rings (SSSR count). The lowest BCUT2D eigenvalue weighted by Gasteiger charge is -2.34. The summed E-state index contributed by atoms with van der Waals surface area (Å²) >= 11 is 0. The number of ether oxygens (including phenoxy) is 1. The van der Waals surface area contributed by atoms with Gasteiger partial charge < -0.3 is 14.5 Å². The Morgan fingerprint density at radius 3 is 2.68 bits per heavy atom. The highest BCUT2D eigenvalue weighted by atomic mass is 16.5. The van der Waals surface area contributed by atoms with Crippen LogP contribution >= 0.6 is 0 Å². The first kappa shape index (κ1) is 17.7. The fourth-order valence-corrected chi connectivity index (χ4v) is 4.38. The van der Waals surface area contributed by atoms with E-state index in [1.807, 2.05) is 38.6 Å². The van der Waals surface area contributed by atoms with Crippen LogP contribution in [0.5, 0.6) is 0 Å². The van der Waals surface area contributed by atoms with Gasteiger partial charge in [-0.15, -0.1) is 0 Å². The molecule has 3 fully saturated rings. The fourth-order valence-electron chi connectivity index (χ4n) is 4.38. The number of para-hydroxylation sites is 1. The minimum atomic E-state index is -0.133. The summed E-state index contributed by atoms with van der Waals surface area (Å²) in [5.41, 5.74) is 0.749. The first-order chi connectivity index (χ1) is 13.7. The molecule has 148 valence electrons. The van der Waals surface area contributed by atoms with Crippen LogP contribution in [0, 0.1) is 5.92 Å². The zero-order chi connectivity index (χ0) is 19.1. The molecule has 1 saturated carbocycles. The Kier molecular flexibility index (Phi) is 4.55. The van der Waals surface area contributed by atoms with E-state index in [1.54, 1.807) is 0 Å². The zero-order valence-corrected chi connectivity index (χ0v) is 16.0. The second kappa shape index (κ2) is 7.20. The van der Waals surface area contributed by atoms with Gasteiger partial charge in [-0.1, -0.05) is 12.1 Å². The Morgan fingerprint density at radius 2 is 1.89 bits per heavy atom. The second-order valence-corrected chi connectivity index (χ2v) is 8.08. The quantitative estimate of drug-likeness (QED) is 0.818. The van der Waals surface area contributed by atoms with Crippen molar-refractivity contribution in [1.82, 2.24) is 19.4 Å². The van der Waals surface area contributed by atoms with Crippen LogP contribution in [0.4, 0.5) is 4.79 Å². The summed E-state index contributed by atoms with van der Waals surface area (Å²) in [4.78, 5) is 35.1. The minimum Gasteiger partial charge on any atom is -0.378 e. The van der Waals surface area contributed by atoms with Gasteiger partial charge in [-0.05, 0) is 43.7 Å². The van der Waals surface area contributed by atoms with Gasteiger partial charge in [0.25, 0.3) is 5.56 Å². The number of morpholine rings is 1. The highest BCUT2D eigenvalue weighted by Crippen LogP contribution is 2.35. The predicted octanol–water partition coefficient (Wildman–Crippen LogP) is 2.40. The van der Waals surface area contributed by atoms with E-state index >= 15 is 0 Å². The predicted molar refractivity (Wildman–Crippen MR) is 105 cm³/mol. The Balaban J connectivity index is 1.54. The summed E-state index contributed by atoms with van der Waals surface area (Å²) in [5, 5.41) is 0.663. The first-order valence-electron chi connectivity index (χ1n) is 10.3. The molecule has 3 aliphatic rings. The average molecular weight is 382 g/mol. The van der Waals surface area contributed by atoms with E-state index in [-0.39, 0.29) is 17.6 Å². The van der Waals surface area contributed by atoms with Gasteiger partial charge in [0.1, 0.15) is 5.82 Å². The monoisotopic (exact) mass is 382 g/mol. The van der Waals surface area contributed by atoms with Crippen molar-refractivity contribution in [3.63, 3.8) is 0 Å². The van der Waals surface area contributed by atoms with Crippen LogP contribution in [0.2, 0.25) is 0 Å². The Morgan fingerprint density at radius 1 is 1.11 bits per heavy atom. The van der Waals surface area contributed by atoms with Crippen LogP contribution in [0.3, 0.4) is 0 Å². The van der Waals surface area contributed by atoms with E-state index in [0.29, 0.717) is 50.7 Å². The summed E-state index contributed by atoms with van der Waals surface area (Å²) in [6.45, 7) is 3.86. The molecule has 1 atom stereocenters. The summed E-state index contributed by atoms with van der Waals surface area (Å²) in [6.07, 6.45) is 4.12. The molecule has 1 unspecified atom stereocenters. The third-order valence-electron chi connectivity index (χ3n) is 6.11. The first-order valence-corrected chi connectivity index (χ1v) is 10.3. The number of urea groups is 1.